The molecule has 37 heavy (non-hydrogen) atoms. The van der Waals surface area contributed by atoms with Crippen molar-refractivity contribution in [2.24, 2.45) is 17.6 Å². The number of carbonyl (C=O) groups excluding carboxylic acids is 3. The Morgan fingerprint density at radius 2 is 1.73 bits per heavy atom. The third-order valence-corrected chi connectivity index (χ3v) is 9.03. The van der Waals surface area contributed by atoms with E-state index < -0.39 is 64.1 Å². The van der Waals surface area contributed by atoms with Crippen molar-refractivity contribution in [3.05, 3.63) is 45.7 Å². The number of phenols is 1. The van der Waals surface area contributed by atoms with Crippen molar-refractivity contribution in [2.75, 3.05) is 14.1 Å². The summed E-state index contributed by atoms with van der Waals surface area (Å²) in [7, 11) is 2.95. The fourth-order valence-electron chi connectivity index (χ4n) is 7.14. The molecule has 0 heterocycles. The zero-order valence-corrected chi connectivity index (χ0v) is 21.0. The Kier molecular flexibility index (Phi) is 5.60. The second kappa shape index (κ2) is 8.14. The van der Waals surface area contributed by atoms with E-state index in [-0.39, 0.29) is 28.7 Å². The van der Waals surface area contributed by atoms with Crippen molar-refractivity contribution in [1.82, 2.24) is 4.90 Å². The van der Waals surface area contributed by atoms with Crippen LogP contribution in [0.15, 0.2) is 29.0 Å². The number of likely N-dealkylation sites (N-methyl/N-ethyl adjacent to an activating group) is 1. The van der Waals surface area contributed by atoms with Gasteiger partial charge in [-0.15, -0.1) is 0 Å². The zero-order chi connectivity index (χ0) is 27.2. The summed E-state index contributed by atoms with van der Waals surface area (Å²) in [4.78, 5) is 40.5. The number of Topliss-reactive ketones (excluding diaryl/α,β-unsaturated/α-hetero) is 2. The van der Waals surface area contributed by atoms with Gasteiger partial charge in [0.1, 0.15) is 22.8 Å². The van der Waals surface area contributed by atoms with E-state index in [1.165, 1.54) is 19.0 Å². The fraction of sp³-hybridized carbons (Fsp3) is 0.519. The summed E-state index contributed by atoms with van der Waals surface area (Å²) in [6.07, 6.45) is 2.18. The van der Waals surface area contributed by atoms with Crippen LogP contribution in [-0.2, 0) is 26.2 Å². The van der Waals surface area contributed by atoms with Gasteiger partial charge >= 0.3 is 0 Å². The molecule has 5 rings (SSSR count). The highest BCUT2D eigenvalue weighted by Gasteiger charge is 2.67. The summed E-state index contributed by atoms with van der Waals surface area (Å²) in [6.45, 7) is 2.04. The van der Waals surface area contributed by atoms with Crippen LogP contribution in [0.2, 0.25) is 0 Å². The molecular weight excluding hydrogens is 480 g/mol. The Morgan fingerprint density at radius 3 is 2.30 bits per heavy atom. The highest BCUT2D eigenvalue weighted by Crippen LogP contribution is 2.54. The first-order chi connectivity index (χ1) is 17.3. The third-order valence-electron chi connectivity index (χ3n) is 9.03. The van der Waals surface area contributed by atoms with Crippen molar-refractivity contribution < 1.29 is 39.9 Å². The molecule has 10 heteroatoms. The molecule has 10 nitrogen and oxygen atoms in total. The number of phenolic OH excluding ortho intramolecular Hbond substituents is 1. The Labute approximate surface area is 213 Å². The summed E-state index contributed by atoms with van der Waals surface area (Å²) in [5, 5.41) is 56.7. The van der Waals surface area contributed by atoms with E-state index in [0.717, 1.165) is 25.7 Å². The fourth-order valence-corrected chi connectivity index (χ4v) is 7.14. The molecule has 0 bridgehead atoms. The lowest BCUT2D eigenvalue weighted by molar-refractivity contribution is -0.168. The quantitative estimate of drug-likeness (QED) is 0.319. The van der Waals surface area contributed by atoms with Crippen LogP contribution in [-0.4, -0.2) is 79.7 Å². The summed E-state index contributed by atoms with van der Waals surface area (Å²) < 4.78 is 0. The van der Waals surface area contributed by atoms with Crippen LogP contribution in [0.5, 0.6) is 5.75 Å². The van der Waals surface area contributed by atoms with Gasteiger partial charge in [-0.2, -0.15) is 0 Å². The largest absolute Gasteiger partial charge is 0.508 e. The normalized spacial score (nSPS) is 32.9. The molecule has 0 aliphatic heterocycles. The molecule has 7 N–H and O–H groups in total. The van der Waals surface area contributed by atoms with E-state index >= 15 is 0 Å². The van der Waals surface area contributed by atoms with E-state index in [9.17, 15) is 39.9 Å². The lowest BCUT2D eigenvalue weighted by atomic mass is 9.56. The lowest BCUT2D eigenvalue weighted by Gasteiger charge is -2.52. The molecule has 4 aliphatic rings. The van der Waals surface area contributed by atoms with Gasteiger partial charge in [-0.3, -0.25) is 19.3 Å². The van der Waals surface area contributed by atoms with Gasteiger partial charge in [0.25, 0.3) is 5.91 Å². The van der Waals surface area contributed by atoms with Gasteiger partial charge in [0.15, 0.2) is 11.4 Å². The molecule has 1 amide bonds. The van der Waals surface area contributed by atoms with Crippen LogP contribution in [0.3, 0.4) is 0 Å². The van der Waals surface area contributed by atoms with Crippen LogP contribution in [0, 0.1) is 11.8 Å². The van der Waals surface area contributed by atoms with Crippen molar-refractivity contribution in [2.45, 2.75) is 62.2 Å². The molecule has 0 aromatic heterocycles. The van der Waals surface area contributed by atoms with Crippen molar-refractivity contribution in [1.29, 1.82) is 0 Å². The maximum atomic E-state index is 13.9. The van der Waals surface area contributed by atoms with E-state index in [0.29, 0.717) is 11.1 Å². The molecular formula is C27H32N2O8. The maximum Gasteiger partial charge on any atom is 0.255 e. The number of amides is 1. The minimum absolute atomic E-state index is 0.0419. The molecule has 0 saturated heterocycles. The summed E-state index contributed by atoms with van der Waals surface area (Å²) in [5.74, 6) is -7.98. The Hall–Kier alpha value is -3.21. The minimum atomic E-state index is -2.89. The number of primary amides is 1. The number of aliphatic hydroxyl groups is 4. The van der Waals surface area contributed by atoms with Gasteiger partial charge in [-0.05, 0) is 44.3 Å². The topological polar surface area (TPSA) is 182 Å². The molecule has 5 atom stereocenters. The SMILES string of the molecule is CN(C)[C@H]1C(=O)C(C(N)=O)=C(O)[C@]2(O)C(=O)C3=C(O)c4c(ccc(C5(C)CCCC5)c4O)C[C@@H]3[C@@H](O)[C@H]12. The standard InChI is InChI=1S/C27H32N2O8/c1-26(8-4-5-9-26)13-7-6-11-10-12-15(21(32)14(11)20(13)31)23(34)27(37)17(19(12)30)18(29(2)3)22(33)16(24(27)35)25(28)36/h6-7,12,17-19,30-32,35,37H,4-5,8-10H2,1-3H3,(H2,28,36)/t12-,17-,18+,19+,27+/m0/s1. The third kappa shape index (κ3) is 3.19. The Bertz CT molecular complexity index is 1310. The number of carbonyl (C=O) groups is 3. The Balaban J connectivity index is 1.74. The summed E-state index contributed by atoms with van der Waals surface area (Å²) >= 11 is 0. The highest BCUT2D eigenvalue weighted by atomic mass is 16.4. The van der Waals surface area contributed by atoms with E-state index in [2.05, 4.69) is 0 Å². The number of hydrogen-bond acceptors (Lipinski definition) is 9. The summed E-state index contributed by atoms with van der Waals surface area (Å²) in [6, 6.07) is 2.22. The average Bonchev–Trinajstić information content (AvgIpc) is 3.26. The van der Waals surface area contributed by atoms with Gasteiger partial charge in [0.05, 0.1) is 23.6 Å². The second-order valence-corrected chi connectivity index (χ2v) is 11.3. The molecule has 1 aromatic carbocycles. The number of nitrogens with two attached hydrogens (primary N) is 1. The molecule has 2 saturated carbocycles. The first-order valence-electron chi connectivity index (χ1n) is 12.5. The smallest absolute Gasteiger partial charge is 0.255 e. The number of aromatic hydroxyl groups is 1. The predicted octanol–water partition coefficient (Wildman–Crippen LogP) is 0.767. The average molecular weight is 513 g/mol. The van der Waals surface area contributed by atoms with Crippen molar-refractivity contribution in [3.8, 4) is 5.75 Å². The molecule has 1 aromatic rings. The number of fused-ring (bicyclic) bond motifs is 3. The molecule has 0 radical (unpaired) electrons. The minimum Gasteiger partial charge on any atom is -0.508 e. The van der Waals surface area contributed by atoms with Gasteiger partial charge in [-0.1, -0.05) is 31.9 Å². The number of ketones is 2. The number of hydrogen-bond donors (Lipinski definition) is 6. The first kappa shape index (κ1) is 25.4. The van der Waals surface area contributed by atoms with E-state index in [4.69, 9.17) is 5.73 Å². The number of aliphatic hydroxyl groups excluding tert-OH is 3. The van der Waals surface area contributed by atoms with E-state index in [1.807, 2.05) is 13.0 Å². The van der Waals surface area contributed by atoms with Crippen LogP contribution in [0.4, 0.5) is 0 Å². The second-order valence-electron chi connectivity index (χ2n) is 11.3. The van der Waals surface area contributed by atoms with Crippen LogP contribution in [0.1, 0.15) is 49.3 Å². The molecule has 4 aliphatic carbocycles. The van der Waals surface area contributed by atoms with Gasteiger partial charge in [0, 0.05) is 17.1 Å². The first-order valence-corrected chi connectivity index (χ1v) is 12.5. The predicted molar refractivity (Wildman–Crippen MR) is 131 cm³/mol. The van der Waals surface area contributed by atoms with Crippen LogP contribution >= 0.6 is 0 Å². The van der Waals surface area contributed by atoms with Gasteiger partial charge in [-0.25, -0.2) is 0 Å². The zero-order valence-electron chi connectivity index (χ0n) is 21.0. The highest BCUT2D eigenvalue weighted by molar-refractivity contribution is 6.24. The Morgan fingerprint density at radius 1 is 1.11 bits per heavy atom. The van der Waals surface area contributed by atoms with Crippen LogP contribution < -0.4 is 5.73 Å². The van der Waals surface area contributed by atoms with Crippen molar-refractivity contribution in [3.63, 3.8) is 0 Å². The van der Waals surface area contributed by atoms with Crippen molar-refractivity contribution >= 4 is 23.2 Å². The molecule has 2 fully saturated rings. The van der Waals surface area contributed by atoms with Crippen LogP contribution in [0.25, 0.3) is 5.76 Å². The molecule has 0 unspecified atom stereocenters. The maximum absolute atomic E-state index is 13.9. The number of rotatable bonds is 3. The molecule has 0 spiro atoms. The number of benzene rings is 1. The summed E-state index contributed by atoms with van der Waals surface area (Å²) in [5.41, 5.74) is 2.03. The number of nitrogens with zero attached hydrogens (tertiary/aromatic N) is 1. The monoisotopic (exact) mass is 512 g/mol. The lowest BCUT2D eigenvalue weighted by Crippen LogP contribution is -2.70. The molecule has 198 valence electrons. The van der Waals surface area contributed by atoms with Gasteiger partial charge < -0.3 is 31.3 Å². The van der Waals surface area contributed by atoms with E-state index in [1.54, 1.807) is 6.07 Å². The van der Waals surface area contributed by atoms with Gasteiger partial charge in [0.2, 0.25) is 5.78 Å².